The van der Waals surface area contributed by atoms with Crippen LogP contribution >= 0.6 is 11.6 Å². The highest BCUT2D eigenvalue weighted by Crippen LogP contribution is 2.22. The number of nitrogens with zero attached hydrogens (tertiary/aromatic N) is 2. The van der Waals surface area contributed by atoms with Crippen LogP contribution in [0.1, 0.15) is 5.76 Å². The molecule has 1 heterocycles. The van der Waals surface area contributed by atoms with Gasteiger partial charge in [-0.05, 0) is 18.2 Å². The van der Waals surface area contributed by atoms with Crippen LogP contribution in [0.15, 0.2) is 45.9 Å². The number of halogens is 1. The first-order valence-corrected chi connectivity index (χ1v) is 6.37. The van der Waals surface area contributed by atoms with Crippen LogP contribution in [-0.2, 0) is 4.79 Å². The highest BCUT2D eigenvalue weighted by Gasteiger charge is 2.10. The Kier molecular flexibility index (Phi) is 5.10. The zero-order valence-electron chi connectivity index (χ0n) is 11.1. The number of carbonyl (C=O) groups excluding carboxylic acids is 1. The van der Waals surface area contributed by atoms with E-state index in [1.807, 2.05) is 0 Å². The highest BCUT2D eigenvalue weighted by molar-refractivity contribution is 6.32. The molecule has 0 aliphatic heterocycles. The van der Waals surface area contributed by atoms with Crippen molar-refractivity contribution in [3.8, 4) is 5.75 Å². The summed E-state index contributed by atoms with van der Waals surface area (Å²) in [4.78, 5) is 21.2. The number of hydrogen-bond donors (Lipinski definition) is 1. The van der Waals surface area contributed by atoms with Crippen LogP contribution in [0.5, 0.6) is 5.75 Å². The molecular formula is C13H10ClN3O5. The van der Waals surface area contributed by atoms with Gasteiger partial charge in [-0.1, -0.05) is 23.7 Å². The predicted molar refractivity (Wildman–Crippen MR) is 78.0 cm³/mol. The van der Waals surface area contributed by atoms with E-state index in [0.29, 0.717) is 10.8 Å². The maximum absolute atomic E-state index is 11.5. The first-order chi connectivity index (χ1) is 10.6. The van der Waals surface area contributed by atoms with E-state index in [0.717, 1.165) is 6.21 Å². The molecule has 1 N–H and O–H groups in total. The maximum Gasteiger partial charge on any atom is 0.433 e. The Bertz CT molecular complexity index is 713. The molecule has 0 fully saturated rings. The van der Waals surface area contributed by atoms with Crippen LogP contribution in [-0.4, -0.2) is 23.7 Å². The van der Waals surface area contributed by atoms with Gasteiger partial charge in [0, 0.05) is 0 Å². The van der Waals surface area contributed by atoms with Gasteiger partial charge in [-0.3, -0.25) is 14.9 Å². The molecule has 0 atom stereocenters. The number of furan rings is 1. The summed E-state index contributed by atoms with van der Waals surface area (Å²) < 4.78 is 10.0. The molecule has 0 radical (unpaired) electrons. The lowest BCUT2D eigenvalue weighted by Crippen LogP contribution is -2.24. The van der Waals surface area contributed by atoms with Crippen molar-refractivity contribution in [1.29, 1.82) is 0 Å². The van der Waals surface area contributed by atoms with Crippen LogP contribution in [0.25, 0.3) is 0 Å². The molecule has 8 nitrogen and oxygen atoms in total. The van der Waals surface area contributed by atoms with E-state index < -0.39 is 16.7 Å². The maximum atomic E-state index is 11.5. The van der Waals surface area contributed by atoms with Gasteiger partial charge in [0.25, 0.3) is 5.91 Å². The van der Waals surface area contributed by atoms with Crippen molar-refractivity contribution in [3.05, 3.63) is 57.3 Å². The molecule has 114 valence electrons. The Morgan fingerprint density at radius 1 is 1.41 bits per heavy atom. The van der Waals surface area contributed by atoms with Gasteiger partial charge in [-0.25, -0.2) is 5.43 Å². The molecule has 9 heteroatoms. The largest absolute Gasteiger partial charge is 0.482 e. The average molecular weight is 324 g/mol. The topological polar surface area (TPSA) is 107 Å². The van der Waals surface area contributed by atoms with Crippen molar-refractivity contribution < 1.29 is 18.9 Å². The van der Waals surface area contributed by atoms with Crippen molar-refractivity contribution >= 4 is 29.6 Å². The number of ether oxygens (including phenoxy) is 1. The number of carbonyl (C=O) groups is 1. The van der Waals surface area contributed by atoms with E-state index in [1.165, 1.54) is 12.1 Å². The van der Waals surface area contributed by atoms with Gasteiger partial charge in [0.05, 0.1) is 17.3 Å². The average Bonchev–Trinajstić information content (AvgIpc) is 2.95. The normalized spacial score (nSPS) is 10.6. The van der Waals surface area contributed by atoms with E-state index in [4.69, 9.17) is 20.8 Å². The van der Waals surface area contributed by atoms with Crippen molar-refractivity contribution in [1.82, 2.24) is 5.43 Å². The minimum absolute atomic E-state index is 0.138. The fourth-order valence-corrected chi connectivity index (χ4v) is 1.61. The Labute approximate surface area is 129 Å². The molecule has 1 aromatic carbocycles. The van der Waals surface area contributed by atoms with Gasteiger partial charge in [0.1, 0.15) is 10.7 Å². The summed E-state index contributed by atoms with van der Waals surface area (Å²) in [6.07, 6.45) is 1.14. The van der Waals surface area contributed by atoms with Crippen molar-refractivity contribution in [3.63, 3.8) is 0 Å². The predicted octanol–water partition coefficient (Wildman–Crippen LogP) is 2.37. The summed E-state index contributed by atoms with van der Waals surface area (Å²) in [6, 6.07) is 9.26. The van der Waals surface area contributed by atoms with Crippen LogP contribution < -0.4 is 10.2 Å². The molecule has 0 bridgehead atoms. The smallest absolute Gasteiger partial charge is 0.433 e. The summed E-state index contributed by atoms with van der Waals surface area (Å²) >= 11 is 5.87. The molecule has 22 heavy (non-hydrogen) atoms. The molecule has 0 spiro atoms. The van der Waals surface area contributed by atoms with Crippen LogP contribution in [0.4, 0.5) is 5.88 Å². The van der Waals surface area contributed by atoms with E-state index >= 15 is 0 Å². The molecular weight excluding hydrogens is 314 g/mol. The van der Waals surface area contributed by atoms with Crippen LogP contribution in [0.3, 0.4) is 0 Å². The second kappa shape index (κ2) is 7.23. The fourth-order valence-electron chi connectivity index (χ4n) is 1.41. The summed E-state index contributed by atoms with van der Waals surface area (Å²) in [5, 5.41) is 14.4. The number of amides is 1. The van der Waals surface area contributed by atoms with Crippen molar-refractivity contribution in [2.24, 2.45) is 5.10 Å². The number of rotatable bonds is 6. The molecule has 0 saturated heterocycles. The van der Waals surface area contributed by atoms with Gasteiger partial charge in [-0.15, -0.1) is 0 Å². The SMILES string of the molecule is O=C(COc1ccccc1Cl)NN=Cc1ccc([N+](=O)[O-])o1. The third-order valence-corrected chi connectivity index (χ3v) is 2.68. The summed E-state index contributed by atoms with van der Waals surface area (Å²) in [5.41, 5.74) is 2.19. The van der Waals surface area contributed by atoms with Gasteiger partial charge in [0.15, 0.2) is 12.4 Å². The third kappa shape index (κ3) is 4.32. The van der Waals surface area contributed by atoms with Crippen molar-refractivity contribution in [2.75, 3.05) is 6.61 Å². The molecule has 1 amide bonds. The number of nitro groups is 1. The lowest BCUT2D eigenvalue weighted by Gasteiger charge is -2.05. The monoisotopic (exact) mass is 323 g/mol. The quantitative estimate of drug-likeness (QED) is 0.499. The molecule has 2 aromatic rings. The van der Waals surface area contributed by atoms with Gasteiger partial charge in [0.2, 0.25) is 0 Å². The first-order valence-electron chi connectivity index (χ1n) is 5.99. The summed E-state index contributed by atoms with van der Waals surface area (Å²) in [5.74, 6) is -0.406. The number of benzene rings is 1. The zero-order chi connectivity index (χ0) is 15.9. The summed E-state index contributed by atoms with van der Waals surface area (Å²) in [6.45, 7) is -0.278. The lowest BCUT2D eigenvalue weighted by atomic mass is 10.3. The van der Waals surface area contributed by atoms with Gasteiger partial charge >= 0.3 is 5.88 Å². The molecule has 0 unspecified atom stereocenters. The zero-order valence-corrected chi connectivity index (χ0v) is 11.8. The van der Waals surface area contributed by atoms with E-state index in [2.05, 4.69) is 10.5 Å². The second-order valence-corrected chi connectivity index (χ2v) is 4.35. The fraction of sp³-hybridized carbons (Fsp3) is 0.0769. The number of hydrazone groups is 1. The third-order valence-electron chi connectivity index (χ3n) is 2.37. The van der Waals surface area contributed by atoms with Crippen LogP contribution in [0.2, 0.25) is 5.02 Å². The number of para-hydroxylation sites is 1. The molecule has 0 aliphatic rings. The highest BCUT2D eigenvalue weighted by atomic mass is 35.5. The Morgan fingerprint density at radius 3 is 2.86 bits per heavy atom. The van der Waals surface area contributed by atoms with Crippen molar-refractivity contribution in [2.45, 2.75) is 0 Å². The van der Waals surface area contributed by atoms with Crippen LogP contribution in [0, 0.1) is 10.1 Å². The van der Waals surface area contributed by atoms with E-state index in [-0.39, 0.29) is 12.4 Å². The van der Waals surface area contributed by atoms with Gasteiger partial charge < -0.3 is 9.15 Å². The molecule has 1 aromatic heterocycles. The molecule has 0 saturated carbocycles. The number of hydrogen-bond acceptors (Lipinski definition) is 6. The first kappa shape index (κ1) is 15.5. The minimum atomic E-state index is -0.673. The van der Waals surface area contributed by atoms with E-state index in [1.54, 1.807) is 24.3 Å². The number of nitrogens with one attached hydrogen (secondary N) is 1. The summed E-state index contributed by atoms with van der Waals surface area (Å²) in [7, 11) is 0. The minimum Gasteiger partial charge on any atom is -0.482 e. The Hall–Kier alpha value is -2.87. The Balaban J connectivity index is 1.81. The molecule has 2 rings (SSSR count). The molecule has 0 aliphatic carbocycles. The standard InChI is InChI=1S/C13H10ClN3O5/c14-10-3-1-2-4-11(10)21-8-12(18)16-15-7-9-5-6-13(22-9)17(19)20/h1-7H,8H2,(H,16,18). The Morgan fingerprint density at radius 2 is 2.18 bits per heavy atom. The second-order valence-electron chi connectivity index (χ2n) is 3.95. The van der Waals surface area contributed by atoms with E-state index in [9.17, 15) is 14.9 Å². The van der Waals surface area contributed by atoms with Gasteiger partial charge in [-0.2, -0.15) is 5.10 Å². The lowest BCUT2D eigenvalue weighted by molar-refractivity contribution is -0.402.